The van der Waals surface area contributed by atoms with Gasteiger partial charge in [-0.1, -0.05) is 11.6 Å². The minimum Gasteiger partial charge on any atom is -0.493 e. The van der Waals surface area contributed by atoms with Gasteiger partial charge in [-0.25, -0.2) is 0 Å². The van der Waals surface area contributed by atoms with Gasteiger partial charge < -0.3 is 14.2 Å². The van der Waals surface area contributed by atoms with Crippen molar-refractivity contribution < 1.29 is 14.2 Å². The largest absolute Gasteiger partial charge is 0.493 e. The lowest BCUT2D eigenvalue weighted by atomic mass is 10.1. The first-order valence-electron chi connectivity index (χ1n) is 5.61. The van der Waals surface area contributed by atoms with Gasteiger partial charge in [0.1, 0.15) is 0 Å². The van der Waals surface area contributed by atoms with E-state index in [1.54, 1.807) is 33.6 Å². The fourth-order valence-corrected chi connectivity index (χ4v) is 1.89. The Balaban J connectivity index is 2.55. The van der Waals surface area contributed by atoms with Crippen molar-refractivity contribution in [3.63, 3.8) is 0 Å². The van der Waals surface area contributed by atoms with Gasteiger partial charge in [-0.05, 0) is 24.3 Å². The molecule has 0 aliphatic rings. The van der Waals surface area contributed by atoms with Crippen molar-refractivity contribution in [1.29, 1.82) is 0 Å². The van der Waals surface area contributed by atoms with Crippen molar-refractivity contribution in [3.8, 4) is 28.5 Å². The summed E-state index contributed by atoms with van der Waals surface area (Å²) in [6.45, 7) is 0. The summed E-state index contributed by atoms with van der Waals surface area (Å²) in [7, 11) is 4.73. The Labute approximate surface area is 116 Å². The van der Waals surface area contributed by atoms with E-state index in [0.717, 1.165) is 11.3 Å². The molecule has 0 bridgehead atoms. The number of halogens is 1. The molecule has 1 heterocycles. The maximum Gasteiger partial charge on any atom is 0.203 e. The van der Waals surface area contributed by atoms with Crippen LogP contribution in [-0.4, -0.2) is 26.3 Å². The lowest BCUT2D eigenvalue weighted by Gasteiger charge is -2.13. The van der Waals surface area contributed by atoms with E-state index in [4.69, 9.17) is 25.8 Å². The highest BCUT2D eigenvalue weighted by atomic mass is 35.5. The van der Waals surface area contributed by atoms with Crippen molar-refractivity contribution >= 4 is 11.6 Å². The number of hydrogen-bond acceptors (Lipinski definition) is 4. The standard InChI is InChI=1S/C14H14ClNO3/c1-17-12-6-9(7-13(18-2)14(12)19-3)11-5-4-10(15)8-16-11/h4-8H,1-3H3. The molecule has 1 aromatic carbocycles. The third-order valence-corrected chi connectivity index (χ3v) is 2.91. The maximum atomic E-state index is 5.83. The van der Waals surface area contributed by atoms with Crippen LogP contribution in [0.4, 0.5) is 0 Å². The van der Waals surface area contributed by atoms with E-state index in [2.05, 4.69) is 4.98 Å². The summed E-state index contributed by atoms with van der Waals surface area (Å²) in [5.41, 5.74) is 1.65. The Hall–Kier alpha value is -1.94. The van der Waals surface area contributed by atoms with Crippen LogP contribution in [0.15, 0.2) is 30.5 Å². The average Bonchev–Trinajstić information content (AvgIpc) is 2.46. The van der Waals surface area contributed by atoms with Gasteiger partial charge in [0.05, 0.1) is 32.0 Å². The Morgan fingerprint density at radius 1 is 0.947 bits per heavy atom. The molecule has 0 unspecified atom stereocenters. The second-order valence-corrected chi connectivity index (χ2v) is 4.21. The number of benzene rings is 1. The molecule has 0 atom stereocenters. The van der Waals surface area contributed by atoms with Gasteiger partial charge in [0, 0.05) is 11.8 Å². The summed E-state index contributed by atoms with van der Waals surface area (Å²) in [4.78, 5) is 4.27. The van der Waals surface area contributed by atoms with E-state index < -0.39 is 0 Å². The first kappa shape index (κ1) is 13.5. The highest BCUT2D eigenvalue weighted by Gasteiger charge is 2.14. The minimum atomic E-state index is 0.558. The molecule has 2 aromatic rings. The van der Waals surface area contributed by atoms with Crippen LogP contribution < -0.4 is 14.2 Å². The summed E-state index contributed by atoms with van der Waals surface area (Å²) >= 11 is 5.83. The fraction of sp³-hybridized carbons (Fsp3) is 0.214. The fourth-order valence-electron chi connectivity index (χ4n) is 1.78. The van der Waals surface area contributed by atoms with E-state index in [0.29, 0.717) is 22.3 Å². The van der Waals surface area contributed by atoms with Crippen LogP contribution in [0.2, 0.25) is 5.02 Å². The highest BCUT2D eigenvalue weighted by Crippen LogP contribution is 2.40. The zero-order valence-corrected chi connectivity index (χ0v) is 11.7. The lowest BCUT2D eigenvalue weighted by molar-refractivity contribution is 0.324. The minimum absolute atomic E-state index is 0.558. The van der Waals surface area contributed by atoms with Crippen molar-refractivity contribution in [2.45, 2.75) is 0 Å². The molecular weight excluding hydrogens is 266 g/mol. The van der Waals surface area contributed by atoms with E-state index in [1.807, 2.05) is 18.2 Å². The topological polar surface area (TPSA) is 40.6 Å². The smallest absolute Gasteiger partial charge is 0.203 e. The van der Waals surface area contributed by atoms with Crippen molar-refractivity contribution in [3.05, 3.63) is 35.5 Å². The molecule has 0 saturated carbocycles. The quantitative estimate of drug-likeness (QED) is 0.860. The molecule has 0 N–H and O–H groups in total. The van der Waals surface area contributed by atoms with E-state index in [9.17, 15) is 0 Å². The predicted octanol–water partition coefficient (Wildman–Crippen LogP) is 3.43. The molecule has 1 aromatic heterocycles. The van der Waals surface area contributed by atoms with Crippen LogP contribution >= 0.6 is 11.6 Å². The molecule has 0 amide bonds. The van der Waals surface area contributed by atoms with Crippen LogP contribution in [0.5, 0.6) is 17.2 Å². The SMILES string of the molecule is COc1cc(-c2ccc(Cl)cn2)cc(OC)c1OC. The number of rotatable bonds is 4. The molecule has 0 saturated heterocycles. The number of nitrogens with zero attached hydrogens (tertiary/aromatic N) is 1. The number of aromatic nitrogens is 1. The molecule has 19 heavy (non-hydrogen) atoms. The average molecular weight is 280 g/mol. The Bertz CT molecular complexity index is 544. The molecule has 0 radical (unpaired) electrons. The second kappa shape index (κ2) is 5.80. The summed E-state index contributed by atoms with van der Waals surface area (Å²) in [6.07, 6.45) is 1.60. The van der Waals surface area contributed by atoms with Crippen molar-refractivity contribution in [2.75, 3.05) is 21.3 Å². The number of hydrogen-bond donors (Lipinski definition) is 0. The van der Waals surface area contributed by atoms with Crippen molar-refractivity contribution in [1.82, 2.24) is 4.98 Å². The predicted molar refractivity (Wildman–Crippen MR) is 74.3 cm³/mol. The molecule has 5 heteroatoms. The van der Waals surface area contributed by atoms with E-state index >= 15 is 0 Å². The first-order chi connectivity index (χ1) is 9.19. The molecular formula is C14H14ClNO3. The summed E-state index contributed by atoms with van der Waals surface area (Å²) in [5.74, 6) is 1.74. The maximum absolute atomic E-state index is 5.83. The van der Waals surface area contributed by atoms with Gasteiger partial charge in [-0.3, -0.25) is 4.98 Å². The Morgan fingerprint density at radius 3 is 2.00 bits per heavy atom. The van der Waals surface area contributed by atoms with Gasteiger partial charge in [0.15, 0.2) is 11.5 Å². The molecule has 0 spiro atoms. The van der Waals surface area contributed by atoms with Crippen LogP contribution in [-0.2, 0) is 0 Å². The van der Waals surface area contributed by atoms with Crippen LogP contribution in [0.25, 0.3) is 11.3 Å². The van der Waals surface area contributed by atoms with E-state index in [1.165, 1.54) is 0 Å². The monoisotopic (exact) mass is 279 g/mol. The van der Waals surface area contributed by atoms with Crippen molar-refractivity contribution in [2.24, 2.45) is 0 Å². The summed E-state index contributed by atoms with van der Waals surface area (Å²) in [5, 5.41) is 0.594. The molecule has 0 aliphatic carbocycles. The number of ether oxygens (including phenoxy) is 3. The third-order valence-electron chi connectivity index (χ3n) is 2.69. The highest BCUT2D eigenvalue weighted by molar-refractivity contribution is 6.30. The second-order valence-electron chi connectivity index (χ2n) is 3.78. The third kappa shape index (κ3) is 2.74. The van der Waals surface area contributed by atoms with Gasteiger partial charge in [-0.2, -0.15) is 0 Å². The molecule has 0 aliphatic heterocycles. The lowest BCUT2D eigenvalue weighted by Crippen LogP contribution is -1.96. The summed E-state index contributed by atoms with van der Waals surface area (Å²) < 4.78 is 15.9. The van der Waals surface area contributed by atoms with Gasteiger partial charge in [-0.15, -0.1) is 0 Å². The zero-order chi connectivity index (χ0) is 13.8. The number of methoxy groups -OCH3 is 3. The Kier molecular flexibility index (Phi) is 4.12. The van der Waals surface area contributed by atoms with Crippen LogP contribution in [0.3, 0.4) is 0 Å². The van der Waals surface area contributed by atoms with E-state index in [-0.39, 0.29) is 0 Å². The van der Waals surface area contributed by atoms with Crippen LogP contribution in [0.1, 0.15) is 0 Å². The normalized spacial score (nSPS) is 10.1. The molecule has 2 rings (SSSR count). The molecule has 100 valence electrons. The zero-order valence-electron chi connectivity index (χ0n) is 10.9. The first-order valence-corrected chi connectivity index (χ1v) is 5.99. The number of pyridine rings is 1. The van der Waals surface area contributed by atoms with Gasteiger partial charge in [0.2, 0.25) is 5.75 Å². The van der Waals surface area contributed by atoms with Gasteiger partial charge in [0.25, 0.3) is 0 Å². The van der Waals surface area contributed by atoms with Crippen LogP contribution in [0, 0.1) is 0 Å². The van der Waals surface area contributed by atoms with Gasteiger partial charge >= 0.3 is 0 Å². The Morgan fingerprint density at radius 2 is 1.58 bits per heavy atom. The molecule has 0 fully saturated rings. The molecule has 4 nitrogen and oxygen atoms in total. The summed E-state index contributed by atoms with van der Waals surface area (Å²) in [6, 6.07) is 7.31.